The predicted octanol–water partition coefficient (Wildman–Crippen LogP) is 3.72. The number of hydrogen-bond acceptors (Lipinski definition) is 3. The van der Waals surface area contributed by atoms with E-state index >= 15 is 0 Å². The van der Waals surface area contributed by atoms with Crippen molar-refractivity contribution >= 4 is 26.6 Å². The molecule has 6 heteroatoms. The van der Waals surface area contributed by atoms with Gasteiger partial charge in [0.05, 0.1) is 22.3 Å². The average molecular weight is 343 g/mol. The summed E-state index contributed by atoms with van der Waals surface area (Å²) in [6.07, 6.45) is 1.63. The van der Waals surface area contributed by atoms with E-state index in [1.54, 1.807) is 24.4 Å². The van der Waals surface area contributed by atoms with Crippen LogP contribution in [0.5, 0.6) is 0 Å². The summed E-state index contributed by atoms with van der Waals surface area (Å²) in [6.45, 7) is 6.38. The highest BCUT2D eigenvalue weighted by Crippen LogP contribution is 2.28. The zero-order valence-corrected chi connectivity index (χ0v) is 14.8. The second-order valence-corrected chi connectivity index (χ2v) is 8.20. The number of aromatic nitrogens is 2. The number of nitrogens with zero attached hydrogens (tertiary/aromatic N) is 2. The lowest BCUT2D eigenvalue weighted by Gasteiger charge is -2.27. The first-order valence-corrected chi connectivity index (χ1v) is 9.35. The van der Waals surface area contributed by atoms with E-state index in [-0.39, 0.29) is 10.8 Å². The molecule has 1 heterocycles. The molecule has 5 nitrogen and oxygen atoms in total. The standard InChI is InChI=1S/C18H21N3O2S/c1-13(2)12-21(18-7-5-4-6-14(18)3)24(22,23)16-8-9-17-15(10-16)11-19-20-17/h4-11,13H,12H2,1-3H3,(H,19,20). The van der Waals surface area contributed by atoms with E-state index in [2.05, 4.69) is 10.2 Å². The number of fused-ring (bicyclic) bond motifs is 1. The van der Waals surface area contributed by atoms with Crippen LogP contribution >= 0.6 is 0 Å². The first kappa shape index (κ1) is 16.5. The van der Waals surface area contributed by atoms with Crippen molar-refractivity contribution in [1.82, 2.24) is 10.2 Å². The summed E-state index contributed by atoms with van der Waals surface area (Å²) >= 11 is 0. The van der Waals surface area contributed by atoms with Gasteiger partial charge >= 0.3 is 0 Å². The Hall–Kier alpha value is -2.34. The number of H-pyrrole nitrogens is 1. The molecule has 0 atom stereocenters. The van der Waals surface area contributed by atoms with Crippen LogP contribution in [0.15, 0.2) is 53.6 Å². The lowest BCUT2D eigenvalue weighted by atomic mass is 10.1. The quantitative estimate of drug-likeness (QED) is 0.768. The molecule has 0 amide bonds. The number of sulfonamides is 1. The molecule has 0 aliphatic rings. The van der Waals surface area contributed by atoms with Gasteiger partial charge in [-0.3, -0.25) is 9.40 Å². The monoisotopic (exact) mass is 343 g/mol. The van der Waals surface area contributed by atoms with Gasteiger partial charge in [0.25, 0.3) is 10.0 Å². The molecular formula is C18H21N3O2S. The summed E-state index contributed by atoms with van der Waals surface area (Å²) in [5, 5.41) is 7.58. The van der Waals surface area contributed by atoms with Crippen LogP contribution in [-0.4, -0.2) is 25.2 Å². The van der Waals surface area contributed by atoms with Gasteiger partial charge in [-0.05, 0) is 42.7 Å². The number of aryl methyl sites for hydroxylation is 1. The fraction of sp³-hybridized carbons (Fsp3) is 0.278. The number of hydrogen-bond donors (Lipinski definition) is 1. The lowest BCUT2D eigenvalue weighted by Crippen LogP contribution is -2.34. The number of rotatable bonds is 5. The van der Waals surface area contributed by atoms with Gasteiger partial charge in [0.2, 0.25) is 0 Å². The Morgan fingerprint density at radius 1 is 1.17 bits per heavy atom. The van der Waals surface area contributed by atoms with Gasteiger partial charge in [-0.2, -0.15) is 5.10 Å². The van der Waals surface area contributed by atoms with Crippen LogP contribution in [0.1, 0.15) is 19.4 Å². The summed E-state index contributed by atoms with van der Waals surface area (Å²) in [5.41, 5.74) is 2.48. The van der Waals surface area contributed by atoms with Gasteiger partial charge in [-0.25, -0.2) is 8.42 Å². The number of benzene rings is 2. The smallest absolute Gasteiger partial charge is 0.264 e. The van der Waals surface area contributed by atoms with E-state index in [4.69, 9.17) is 0 Å². The first-order valence-electron chi connectivity index (χ1n) is 7.91. The maximum absolute atomic E-state index is 13.3. The van der Waals surface area contributed by atoms with Crippen molar-refractivity contribution in [2.45, 2.75) is 25.7 Å². The Balaban J connectivity index is 2.13. The van der Waals surface area contributed by atoms with E-state index in [9.17, 15) is 8.42 Å². The third kappa shape index (κ3) is 3.01. The van der Waals surface area contributed by atoms with Crippen LogP contribution in [0.25, 0.3) is 10.9 Å². The third-order valence-electron chi connectivity index (χ3n) is 3.91. The Bertz CT molecular complexity index is 961. The molecule has 1 aromatic heterocycles. The fourth-order valence-electron chi connectivity index (χ4n) is 2.71. The topological polar surface area (TPSA) is 66.1 Å². The summed E-state index contributed by atoms with van der Waals surface area (Å²) in [7, 11) is -3.65. The molecule has 0 spiro atoms. The minimum Gasteiger partial charge on any atom is -0.278 e. The molecule has 0 aliphatic heterocycles. The Morgan fingerprint density at radius 3 is 2.62 bits per heavy atom. The highest BCUT2D eigenvalue weighted by atomic mass is 32.2. The number of nitrogens with one attached hydrogen (secondary N) is 1. The molecule has 3 rings (SSSR count). The minimum absolute atomic E-state index is 0.206. The molecule has 24 heavy (non-hydrogen) atoms. The Labute approximate surface area is 142 Å². The van der Waals surface area contributed by atoms with Gasteiger partial charge in [0, 0.05) is 11.9 Å². The van der Waals surface area contributed by atoms with Crippen LogP contribution in [0, 0.1) is 12.8 Å². The van der Waals surface area contributed by atoms with E-state index in [0.29, 0.717) is 6.54 Å². The van der Waals surface area contributed by atoms with Crippen LogP contribution in [0.4, 0.5) is 5.69 Å². The number of anilines is 1. The maximum atomic E-state index is 13.3. The Kier molecular flexibility index (Phi) is 4.32. The highest BCUT2D eigenvalue weighted by molar-refractivity contribution is 7.92. The molecule has 0 saturated carbocycles. The van der Waals surface area contributed by atoms with Gasteiger partial charge in [-0.1, -0.05) is 32.0 Å². The lowest BCUT2D eigenvalue weighted by molar-refractivity contribution is 0.577. The van der Waals surface area contributed by atoms with Crippen LogP contribution < -0.4 is 4.31 Å². The second kappa shape index (κ2) is 6.28. The predicted molar refractivity (Wildman–Crippen MR) is 96.6 cm³/mol. The molecule has 0 radical (unpaired) electrons. The second-order valence-electron chi connectivity index (χ2n) is 6.34. The normalized spacial score (nSPS) is 12.0. The number of aromatic amines is 1. The van der Waals surface area contributed by atoms with Crippen molar-refractivity contribution in [3.8, 4) is 0 Å². The summed E-state index contributed by atoms with van der Waals surface area (Å²) in [5.74, 6) is 0.206. The third-order valence-corrected chi connectivity index (χ3v) is 5.69. The first-order chi connectivity index (χ1) is 11.4. The SMILES string of the molecule is Cc1ccccc1N(CC(C)C)S(=O)(=O)c1ccc2[nH]ncc2c1. The molecule has 126 valence electrons. The van der Waals surface area contributed by atoms with Gasteiger partial charge in [0.15, 0.2) is 0 Å². The maximum Gasteiger partial charge on any atom is 0.264 e. The summed E-state index contributed by atoms with van der Waals surface area (Å²) in [4.78, 5) is 0.278. The zero-order chi connectivity index (χ0) is 17.3. The highest BCUT2D eigenvalue weighted by Gasteiger charge is 2.27. The summed E-state index contributed by atoms with van der Waals surface area (Å²) < 4.78 is 28.1. The molecule has 0 saturated heterocycles. The number of para-hydroxylation sites is 1. The fourth-order valence-corrected chi connectivity index (χ4v) is 4.44. The van der Waals surface area contributed by atoms with E-state index in [1.165, 1.54) is 4.31 Å². The summed E-state index contributed by atoms with van der Waals surface area (Å²) in [6, 6.07) is 12.6. The molecule has 3 aromatic rings. The zero-order valence-electron chi connectivity index (χ0n) is 14.0. The molecule has 0 unspecified atom stereocenters. The van der Waals surface area contributed by atoms with Crippen molar-refractivity contribution in [3.63, 3.8) is 0 Å². The minimum atomic E-state index is -3.65. The van der Waals surface area contributed by atoms with Crippen molar-refractivity contribution < 1.29 is 8.42 Å². The van der Waals surface area contributed by atoms with Crippen molar-refractivity contribution in [2.75, 3.05) is 10.8 Å². The van der Waals surface area contributed by atoms with E-state index in [1.807, 2.05) is 45.0 Å². The van der Waals surface area contributed by atoms with Crippen molar-refractivity contribution in [3.05, 3.63) is 54.2 Å². The molecule has 1 N–H and O–H groups in total. The molecular weight excluding hydrogens is 322 g/mol. The molecule has 0 fully saturated rings. The van der Waals surface area contributed by atoms with Gasteiger partial charge in [-0.15, -0.1) is 0 Å². The van der Waals surface area contributed by atoms with Crippen LogP contribution in [-0.2, 0) is 10.0 Å². The van der Waals surface area contributed by atoms with E-state index in [0.717, 1.165) is 22.2 Å². The molecule has 0 bridgehead atoms. The Morgan fingerprint density at radius 2 is 1.92 bits per heavy atom. The van der Waals surface area contributed by atoms with Crippen molar-refractivity contribution in [2.24, 2.45) is 5.92 Å². The van der Waals surface area contributed by atoms with Crippen LogP contribution in [0.2, 0.25) is 0 Å². The molecule has 2 aromatic carbocycles. The van der Waals surface area contributed by atoms with Crippen LogP contribution in [0.3, 0.4) is 0 Å². The van der Waals surface area contributed by atoms with Crippen molar-refractivity contribution in [1.29, 1.82) is 0 Å². The van der Waals surface area contributed by atoms with Gasteiger partial charge in [0.1, 0.15) is 0 Å². The molecule has 0 aliphatic carbocycles. The average Bonchev–Trinajstić information content (AvgIpc) is 3.00. The van der Waals surface area contributed by atoms with E-state index < -0.39 is 10.0 Å². The largest absolute Gasteiger partial charge is 0.278 e. The van der Waals surface area contributed by atoms with Gasteiger partial charge < -0.3 is 0 Å².